The lowest BCUT2D eigenvalue weighted by atomic mass is 9.80. The van der Waals surface area contributed by atoms with Crippen LogP contribution in [0.1, 0.15) is 34.7 Å². The molecule has 3 N–H and O–H groups in total. The van der Waals surface area contributed by atoms with Crippen molar-refractivity contribution in [3.8, 4) is 0 Å². The molecule has 2 aromatic carbocycles. The molecule has 2 atom stereocenters. The number of allylic oxidation sites excluding steroid dienone is 1. The van der Waals surface area contributed by atoms with Gasteiger partial charge in [-0.15, -0.1) is 0 Å². The van der Waals surface area contributed by atoms with Gasteiger partial charge in [0.05, 0.1) is 0 Å². The van der Waals surface area contributed by atoms with Crippen LogP contribution in [0.4, 0.5) is 18.9 Å². The van der Waals surface area contributed by atoms with E-state index in [-0.39, 0.29) is 30.2 Å². The van der Waals surface area contributed by atoms with Crippen LogP contribution in [0.5, 0.6) is 0 Å². The second kappa shape index (κ2) is 8.71. The molecule has 1 aliphatic carbocycles. The second-order valence-corrected chi connectivity index (χ2v) is 7.46. The fourth-order valence-corrected chi connectivity index (χ4v) is 3.49. The molecule has 2 aromatic rings. The van der Waals surface area contributed by atoms with E-state index in [9.17, 15) is 22.8 Å². The van der Waals surface area contributed by atoms with Gasteiger partial charge in [-0.2, -0.15) is 0 Å². The lowest BCUT2D eigenvalue weighted by Gasteiger charge is -2.29. The predicted octanol–water partition coefficient (Wildman–Crippen LogP) is 3.58. The molecule has 3 rings (SSSR count). The summed E-state index contributed by atoms with van der Waals surface area (Å²) in [6, 6.07) is 7.23. The molecule has 0 heterocycles. The van der Waals surface area contributed by atoms with Crippen molar-refractivity contribution in [2.75, 3.05) is 19.4 Å². The molecule has 2 amide bonds. The third kappa shape index (κ3) is 4.54. The number of carbonyl (C=O) groups is 2. The fourth-order valence-electron chi connectivity index (χ4n) is 3.49. The van der Waals surface area contributed by atoms with Crippen LogP contribution in [0.3, 0.4) is 0 Å². The monoisotopic (exact) mass is 417 g/mol. The van der Waals surface area contributed by atoms with Gasteiger partial charge in [-0.25, -0.2) is 13.2 Å². The zero-order valence-electron chi connectivity index (χ0n) is 16.6. The lowest BCUT2D eigenvalue weighted by molar-refractivity contribution is -0.113. The number of hydrogen-bond donors (Lipinski definition) is 2. The standard InChI is InChI=1S/C22H22F3N3O2/c1-28(2)22(30)13-4-3-5-14(8-13)27-21(29)12-6-7-15(20(26)9-12)16-10-18(24)19(25)11-17(16)23/h3-6,8,10-11,15,20H,7,9,26H2,1-2H3,(H,27,29)/t15-,20+/m1/s1. The highest BCUT2D eigenvalue weighted by molar-refractivity contribution is 6.04. The molecule has 5 nitrogen and oxygen atoms in total. The molecule has 0 spiro atoms. The molecule has 8 heteroatoms. The number of amides is 2. The summed E-state index contributed by atoms with van der Waals surface area (Å²) in [7, 11) is 3.27. The van der Waals surface area contributed by atoms with Crippen molar-refractivity contribution in [2.45, 2.75) is 24.8 Å². The van der Waals surface area contributed by atoms with E-state index in [0.29, 0.717) is 22.9 Å². The zero-order chi connectivity index (χ0) is 22.0. The Kier molecular flexibility index (Phi) is 6.26. The molecule has 0 unspecified atom stereocenters. The molecule has 158 valence electrons. The Labute approximate surface area is 172 Å². The Morgan fingerprint density at radius 1 is 1.07 bits per heavy atom. The van der Waals surface area contributed by atoms with E-state index in [1.54, 1.807) is 44.4 Å². The summed E-state index contributed by atoms with van der Waals surface area (Å²) in [4.78, 5) is 26.1. The maximum atomic E-state index is 14.1. The molecule has 0 fully saturated rings. The van der Waals surface area contributed by atoms with Gasteiger partial charge in [-0.1, -0.05) is 12.1 Å². The number of carbonyl (C=O) groups excluding carboxylic acids is 2. The number of nitrogens with one attached hydrogen (secondary N) is 1. The van der Waals surface area contributed by atoms with Crippen molar-refractivity contribution < 1.29 is 22.8 Å². The average molecular weight is 417 g/mol. The minimum absolute atomic E-state index is 0.00740. The normalized spacial score (nSPS) is 18.5. The lowest BCUT2D eigenvalue weighted by Crippen LogP contribution is -2.34. The second-order valence-electron chi connectivity index (χ2n) is 7.46. The molecular formula is C22H22F3N3O2. The van der Waals surface area contributed by atoms with Gasteiger partial charge in [0.1, 0.15) is 5.82 Å². The highest BCUT2D eigenvalue weighted by atomic mass is 19.2. The molecule has 30 heavy (non-hydrogen) atoms. The molecule has 0 aliphatic heterocycles. The van der Waals surface area contributed by atoms with Crippen LogP contribution in [0.15, 0.2) is 48.0 Å². The van der Waals surface area contributed by atoms with Crippen LogP contribution in [0.2, 0.25) is 0 Å². The van der Waals surface area contributed by atoms with Crippen LogP contribution >= 0.6 is 0 Å². The molecule has 0 bridgehead atoms. The maximum Gasteiger partial charge on any atom is 0.253 e. The Morgan fingerprint density at radius 3 is 2.43 bits per heavy atom. The third-order valence-electron chi connectivity index (χ3n) is 5.09. The molecule has 0 radical (unpaired) electrons. The van der Waals surface area contributed by atoms with Crippen molar-refractivity contribution in [2.24, 2.45) is 5.73 Å². The van der Waals surface area contributed by atoms with Crippen LogP contribution in [0, 0.1) is 17.5 Å². The van der Waals surface area contributed by atoms with Crippen molar-refractivity contribution in [1.29, 1.82) is 0 Å². The largest absolute Gasteiger partial charge is 0.345 e. The summed E-state index contributed by atoms with van der Waals surface area (Å²) >= 11 is 0. The highest BCUT2D eigenvalue weighted by Crippen LogP contribution is 2.34. The first-order valence-corrected chi connectivity index (χ1v) is 9.39. The van der Waals surface area contributed by atoms with Gasteiger partial charge in [0.15, 0.2) is 11.6 Å². The van der Waals surface area contributed by atoms with Gasteiger partial charge in [0, 0.05) is 48.9 Å². The minimum Gasteiger partial charge on any atom is -0.345 e. The Balaban J connectivity index is 1.74. The number of nitrogens with two attached hydrogens (primary N) is 1. The van der Waals surface area contributed by atoms with E-state index in [1.807, 2.05) is 0 Å². The van der Waals surface area contributed by atoms with E-state index >= 15 is 0 Å². The minimum atomic E-state index is -1.26. The first kappa shape index (κ1) is 21.6. The summed E-state index contributed by atoms with van der Waals surface area (Å²) in [6.07, 6.45) is 1.98. The summed E-state index contributed by atoms with van der Waals surface area (Å²) in [5.41, 5.74) is 7.42. The molecule has 0 saturated carbocycles. The van der Waals surface area contributed by atoms with Crippen molar-refractivity contribution in [3.05, 3.63) is 76.6 Å². The van der Waals surface area contributed by atoms with E-state index < -0.39 is 29.4 Å². The first-order chi connectivity index (χ1) is 14.2. The van der Waals surface area contributed by atoms with Gasteiger partial charge in [0.25, 0.3) is 11.8 Å². The molecule has 0 aromatic heterocycles. The van der Waals surface area contributed by atoms with E-state index in [0.717, 1.165) is 6.07 Å². The van der Waals surface area contributed by atoms with Crippen LogP contribution in [0.25, 0.3) is 0 Å². The van der Waals surface area contributed by atoms with Crippen LogP contribution in [-0.4, -0.2) is 36.9 Å². The predicted molar refractivity (Wildman–Crippen MR) is 107 cm³/mol. The van der Waals surface area contributed by atoms with Gasteiger partial charge < -0.3 is 16.0 Å². The summed E-state index contributed by atoms with van der Waals surface area (Å²) < 4.78 is 40.8. The topological polar surface area (TPSA) is 75.4 Å². The number of hydrogen-bond acceptors (Lipinski definition) is 3. The van der Waals surface area contributed by atoms with Gasteiger partial charge in [0.2, 0.25) is 0 Å². The zero-order valence-corrected chi connectivity index (χ0v) is 16.6. The molecular weight excluding hydrogens is 395 g/mol. The SMILES string of the molecule is CN(C)C(=O)c1cccc(NC(=O)C2=CC[C@H](c3cc(F)c(F)cc3F)[C@@H](N)C2)c1. The summed E-state index contributed by atoms with van der Waals surface area (Å²) in [5, 5.41) is 2.73. The number of halogens is 3. The smallest absolute Gasteiger partial charge is 0.253 e. The molecule has 1 aliphatic rings. The van der Waals surface area contributed by atoms with E-state index in [1.165, 1.54) is 4.90 Å². The maximum absolute atomic E-state index is 14.1. The van der Waals surface area contributed by atoms with Crippen molar-refractivity contribution in [1.82, 2.24) is 4.90 Å². The average Bonchev–Trinajstić information content (AvgIpc) is 2.70. The Bertz CT molecular complexity index is 1020. The van der Waals surface area contributed by atoms with E-state index in [2.05, 4.69) is 5.32 Å². The quantitative estimate of drug-likeness (QED) is 0.747. The van der Waals surface area contributed by atoms with Gasteiger partial charge >= 0.3 is 0 Å². The number of anilines is 1. The number of nitrogens with zero attached hydrogens (tertiary/aromatic N) is 1. The Hall–Kier alpha value is -3.13. The first-order valence-electron chi connectivity index (χ1n) is 9.39. The van der Waals surface area contributed by atoms with Crippen molar-refractivity contribution >= 4 is 17.5 Å². The molecule has 0 saturated heterocycles. The van der Waals surface area contributed by atoms with Gasteiger partial charge in [-0.05, 0) is 42.7 Å². The third-order valence-corrected chi connectivity index (χ3v) is 5.09. The number of benzene rings is 2. The van der Waals surface area contributed by atoms with Crippen LogP contribution < -0.4 is 11.1 Å². The number of rotatable bonds is 4. The van der Waals surface area contributed by atoms with Gasteiger partial charge in [-0.3, -0.25) is 9.59 Å². The highest BCUT2D eigenvalue weighted by Gasteiger charge is 2.29. The summed E-state index contributed by atoms with van der Waals surface area (Å²) in [6.45, 7) is 0. The van der Waals surface area contributed by atoms with E-state index in [4.69, 9.17) is 5.73 Å². The summed E-state index contributed by atoms with van der Waals surface area (Å²) in [5.74, 6) is -4.41. The Morgan fingerprint density at radius 2 is 1.77 bits per heavy atom. The fraction of sp³-hybridized carbons (Fsp3) is 0.273. The van der Waals surface area contributed by atoms with Crippen LogP contribution in [-0.2, 0) is 4.79 Å². The van der Waals surface area contributed by atoms with Crippen molar-refractivity contribution in [3.63, 3.8) is 0 Å².